The van der Waals surface area contributed by atoms with Gasteiger partial charge in [-0.3, -0.25) is 0 Å². The molecule has 0 aliphatic carbocycles. The molecule has 20 heavy (non-hydrogen) atoms. The molecule has 1 aromatic carbocycles. The Bertz CT molecular complexity index is 504. The fraction of sp³-hybridized carbons (Fsp3) is 0.500. The lowest BCUT2D eigenvalue weighted by Gasteiger charge is -2.38. The third-order valence-electron chi connectivity index (χ3n) is 3.82. The number of likely N-dealkylation sites (N-methyl/N-ethyl adjacent to an activating group) is 1. The number of nitrogens with zero attached hydrogens (tertiary/aromatic N) is 3. The molecule has 6 heteroatoms. The van der Waals surface area contributed by atoms with Gasteiger partial charge in [-0.1, -0.05) is 22.8 Å². The van der Waals surface area contributed by atoms with E-state index in [1.165, 1.54) is 6.42 Å². The molecule has 1 heterocycles. The highest BCUT2D eigenvalue weighted by Crippen LogP contribution is 2.30. The SMILES string of the molecule is CN(C)C1CCCN(c2cccc(Cl)c2C(N)=NO)C1. The Morgan fingerprint density at radius 1 is 1.50 bits per heavy atom. The van der Waals surface area contributed by atoms with E-state index in [4.69, 9.17) is 22.5 Å². The number of benzene rings is 1. The number of anilines is 1. The van der Waals surface area contributed by atoms with Crippen molar-refractivity contribution in [1.82, 2.24) is 4.90 Å². The van der Waals surface area contributed by atoms with Gasteiger partial charge >= 0.3 is 0 Å². The van der Waals surface area contributed by atoms with E-state index in [2.05, 4.69) is 29.1 Å². The molecule has 1 aromatic rings. The highest BCUT2D eigenvalue weighted by atomic mass is 35.5. The lowest BCUT2D eigenvalue weighted by atomic mass is 10.0. The van der Waals surface area contributed by atoms with Gasteiger partial charge in [-0.15, -0.1) is 0 Å². The zero-order valence-electron chi connectivity index (χ0n) is 11.9. The number of amidine groups is 1. The standard InChI is InChI=1S/C14H21ClN4O/c1-18(2)10-5-4-8-19(9-10)12-7-3-6-11(15)13(12)14(16)17-20/h3,6-7,10,20H,4-5,8-9H2,1-2H3,(H2,16,17). The molecule has 0 radical (unpaired) electrons. The van der Waals surface area contributed by atoms with E-state index in [0.29, 0.717) is 16.6 Å². The van der Waals surface area contributed by atoms with Crippen molar-refractivity contribution in [1.29, 1.82) is 0 Å². The Morgan fingerprint density at radius 3 is 2.90 bits per heavy atom. The predicted octanol–water partition coefficient (Wildman–Crippen LogP) is 1.96. The Labute approximate surface area is 124 Å². The summed E-state index contributed by atoms with van der Waals surface area (Å²) in [6, 6.07) is 6.12. The molecule has 1 atom stereocenters. The fourth-order valence-corrected chi connectivity index (χ4v) is 2.94. The molecule has 1 aliphatic rings. The van der Waals surface area contributed by atoms with Crippen LogP contribution in [0.2, 0.25) is 5.02 Å². The second-order valence-electron chi connectivity index (χ2n) is 5.32. The minimum absolute atomic E-state index is 0.0533. The van der Waals surface area contributed by atoms with E-state index < -0.39 is 0 Å². The van der Waals surface area contributed by atoms with Crippen molar-refractivity contribution in [2.24, 2.45) is 10.9 Å². The van der Waals surface area contributed by atoms with Crippen LogP contribution in [0.4, 0.5) is 5.69 Å². The first-order valence-corrected chi connectivity index (χ1v) is 7.10. The molecule has 1 fully saturated rings. The van der Waals surface area contributed by atoms with Crippen LogP contribution in [0.25, 0.3) is 0 Å². The van der Waals surface area contributed by atoms with Crippen LogP contribution >= 0.6 is 11.6 Å². The summed E-state index contributed by atoms with van der Waals surface area (Å²) in [5.41, 5.74) is 7.31. The van der Waals surface area contributed by atoms with Crippen LogP contribution in [0.1, 0.15) is 18.4 Å². The summed E-state index contributed by atoms with van der Waals surface area (Å²) in [5, 5.41) is 12.6. The van der Waals surface area contributed by atoms with Gasteiger partial charge < -0.3 is 20.7 Å². The Kier molecular flexibility index (Phi) is 4.73. The summed E-state index contributed by atoms with van der Waals surface area (Å²) < 4.78 is 0. The molecule has 0 saturated carbocycles. The van der Waals surface area contributed by atoms with E-state index in [9.17, 15) is 0 Å². The summed E-state index contributed by atoms with van der Waals surface area (Å²) in [6.45, 7) is 1.87. The normalized spacial score (nSPS) is 20.5. The van der Waals surface area contributed by atoms with E-state index in [-0.39, 0.29) is 5.84 Å². The summed E-state index contributed by atoms with van der Waals surface area (Å²) in [4.78, 5) is 4.49. The van der Waals surface area contributed by atoms with Crippen molar-refractivity contribution in [2.45, 2.75) is 18.9 Å². The van der Waals surface area contributed by atoms with Crippen LogP contribution in [0, 0.1) is 0 Å². The number of nitrogens with two attached hydrogens (primary N) is 1. The zero-order valence-corrected chi connectivity index (χ0v) is 12.6. The average molecular weight is 297 g/mol. The van der Waals surface area contributed by atoms with Crippen LogP contribution < -0.4 is 10.6 Å². The minimum atomic E-state index is 0.0533. The minimum Gasteiger partial charge on any atom is -0.409 e. The number of oxime groups is 1. The van der Waals surface area contributed by atoms with Crippen molar-refractivity contribution in [3.8, 4) is 0 Å². The second kappa shape index (κ2) is 6.33. The third-order valence-corrected chi connectivity index (χ3v) is 4.14. The Morgan fingerprint density at radius 2 is 2.25 bits per heavy atom. The van der Waals surface area contributed by atoms with Crippen LogP contribution in [0.15, 0.2) is 23.4 Å². The van der Waals surface area contributed by atoms with Gasteiger partial charge in [0.2, 0.25) is 0 Å². The van der Waals surface area contributed by atoms with Gasteiger partial charge in [-0.05, 0) is 39.1 Å². The van der Waals surface area contributed by atoms with Gasteiger partial charge in [-0.2, -0.15) is 0 Å². The number of halogens is 1. The summed E-state index contributed by atoms with van der Waals surface area (Å²) in [7, 11) is 4.19. The largest absolute Gasteiger partial charge is 0.409 e. The van der Waals surface area contributed by atoms with Crippen LogP contribution in [0.5, 0.6) is 0 Å². The first kappa shape index (κ1) is 14.9. The molecular formula is C14H21ClN4O. The van der Waals surface area contributed by atoms with Crippen molar-refractivity contribution in [2.75, 3.05) is 32.1 Å². The molecule has 3 N–H and O–H groups in total. The first-order valence-electron chi connectivity index (χ1n) is 6.72. The monoisotopic (exact) mass is 296 g/mol. The van der Waals surface area contributed by atoms with Crippen molar-refractivity contribution in [3.63, 3.8) is 0 Å². The lowest BCUT2D eigenvalue weighted by molar-refractivity contribution is 0.258. The number of rotatable bonds is 3. The Hall–Kier alpha value is -1.46. The van der Waals surface area contributed by atoms with E-state index in [0.717, 1.165) is 25.2 Å². The average Bonchev–Trinajstić information content (AvgIpc) is 2.46. The molecule has 1 aliphatic heterocycles. The smallest absolute Gasteiger partial charge is 0.173 e. The van der Waals surface area contributed by atoms with Gasteiger partial charge in [0.1, 0.15) is 0 Å². The molecule has 0 aromatic heterocycles. The van der Waals surface area contributed by atoms with Crippen LogP contribution in [0.3, 0.4) is 0 Å². The maximum atomic E-state index is 8.95. The topological polar surface area (TPSA) is 65.1 Å². The maximum Gasteiger partial charge on any atom is 0.173 e. The first-order chi connectivity index (χ1) is 9.54. The molecule has 0 spiro atoms. The molecule has 0 amide bonds. The van der Waals surface area contributed by atoms with Gasteiger partial charge in [0.15, 0.2) is 5.84 Å². The molecule has 1 saturated heterocycles. The molecule has 0 bridgehead atoms. The Balaban J connectivity index is 2.35. The number of hydrogen-bond donors (Lipinski definition) is 2. The second-order valence-corrected chi connectivity index (χ2v) is 5.73. The van der Waals surface area contributed by atoms with Gasteiger partial charge in [0.25, 0.3) is 0 Å². The van der Waals surface area contributed by atoms with Gasteiger partial charge in [0.05, 0.1) is 10.6 Å². The van der Waals surface area contributed by atoms with E-state index in [1.807, 2.05) is 12.1 Å². The quantitative estimate of drug-likeness (QED) is 0.387. The highest BCUT2D eigenvalue weighted by Gasteiger charge is 2.24. The molecule has 110 valence electrons. The summed E-state index contributed by atoms with van der Waals surface area (Å²) >= 11 is 6.21. The van der Waals surface area contributed by atoms with Crippen molar-refractivity contribution >= 4 is 23.1 Å². The van der Waals surface area contributed by atoms with Gasteiger partial charge in [-0.25, -0.2) is 0 Å². The summed E-state index contributed by atoms with van der Waals surface area (Å²) in [5.74, 6) is 0.0533. The number of piperidine rings is 1. The van der Waals surface area contributed by atoms with Crippen molar-refractivity contribution in [3.05, 3.63) is 28.8 Å². The summed E-state index contributed by atoms with van der Waals surface area (Å²) in [6.07, 6.45) is 2.30. The van der Waals surface area contributed by atoms with Crippen molar-refractivity contribution < 1.29 is 5.21 Å². The number of hydrogen-bond acceptors (Lipinski definition) is 4. The van der Waals surface area contributed by atoms with E-state index in [1.54, 1.807) is 6.07 Å². The van der Waals surface area contributed by atoms with Gasteiger partial charge in [0, 0.05) is 24.8 Å². The highest BCUT2D eigenvalue weighted by molar-refractivity contribution is 6.34. The van der Waals surface area contributed by atoms with Crippen LogP contribution in [-0.4, -0.2) is 49.2 Å². The lowest BCUT2D eigenvalue weighted by Crippen LogP contribution is -2.45. The molecular weight excluding hydrogens is 276 g/mol. The third kappa shape index (κ3) is 2.99. The van der Waals surface area contributed by atoms with Crippen LogP contribution in [-0.2, 0) is 0 Å². The molecule has 5 nitrogen and oxygen atoms in total. The zero-order chi connectivity index (χ0) is 14.7. The maximum absolute atomic E-state index is 8.95. The molecule has 2 rings (SSSR count). The fourth-order valence-electron chi connectivity index (χ4n) is 2.67. The molecule has 1 unspecified atom stereocenters. The predicted molar refractivity (Wildman–Crippen MR) is 82.9 cm³/mol. The van der Waals surface area contributed by atoms with E-state index >= 15 is 0 Å².